The Morgan fingerprint density at radius 3 is 2.25 bits per heavy atom. The first kappa shape index (κ1) is 11.9. The molecule has 0 aromatic carbocycles. The summed E-state index contributed by atoms with van der Waals surface area (Å²) in [6, 6.07) is 0. The van der Waals surface area contributed by atoms with Crippen LogP contribution in [0.4, 0.5) is 0 Å². The molecule has 2 nitrogen and oxygen atoms in total. The zero-order chi connectivity index (χ0) is 9.07. The molecule has 12 heavy (non-hydrogen) atoms. The van der Waals surface area contributed by atoms with E-state index in [0.29, 0.717) is 6.61 Å². The molecular formula is C10H23NO. The minimum Gasteiger partial charge on any atom is -0.396 e. The lowest BCUT2D eigenvalue weighted by atomic mass is 10.2. The topological polar surface area (TPSA) is 32.3 Å². The average molecular weight is 173 g/mol. The first-order chi connectivity index (χ1) is 5.91. The highest BCUT2D eigenvalue weighted by molar-refractivity contribution is 4.48. The zero-order valence-electron chi connectivity index (χ0n) is 8.31. The fourth-order valence-corrected chi connectivity index (χ4v) is 1.14. The summed E-state index contributed by atoms with van der Waals surface area (Å²) in [6.45, 7) is 4.87. The monoisotopic (exact) mass is 173 g/mol. The molecule has 0 aromatic heterocycles. The van der Waals surface area contributed by atoms with Gasteiger partial charge in [-0.2, -0.15) is 0 Å². The Morgan fingerprint density at radius 1 is 0.917 bits per heavy atom. The van der Waals surface area contributed by atoms with Gasteiger partial charge in [-0.15, -0.1) is 0 Å². The lowest BCUT2D eigenvalue weighted by Gasteiger charge is -2.02. The van der Waals surface area contributed by atoms with Gasteiger partial charge in [-0.05, 0) is 32.4 Å². The van der Waals surface area contributed by atoms with Crippen LogP contribution in [0.2, 0.25) is 0 Å². The molecule has 2 heteroatoms. The third-order valence-corrected chi connectivity index (χ3v) is 1.97. The molecule has 0 unspecified atom stereocenters. The van der Waals surface area contributed by atoms with Gasteiger partial charge in [0.2, 0.25) is 0 Å². The Bertz CT molecular complexity index is 66.2. The van der Waals surface area contributed by atoms with E-state index < -0.39 is 0 Å². The van der Waals surface area contributed by atoms with Crippen molar-refractivity contribution in [1.82, 2.24) is 5.32 Å². The summed E-state index contributed by atoms with van der Waals surface area (Å²) in [6.07, 6.45) is 7.21. The molecule has 0 radical (unpaired) electrons. The van der Waals surface area contributed by atoms with Crippen LogP contribution in [0, 0.1) is 0 Å². The standard InChI is InChI=1S/C10H23NO/c1-2-3-8-11-9-6-4-5-7-10-12/h11-12H,2-10H2,1H3. The minimum atomic E-state index is 0.350. The average Bonchev–Trinajstić information content (AvgIpc) is 2.10. The smallest absolute Gasteiger partial charge is 0.0431 e. The second-order valence-electron chi connectivity index (χ2n) is 3.24. The highest BCUT2D eigenvalue weighted by Crippen LogP contribution is 1.97. The molecule has 0 aromatic rings. The van der Waals surface area contributed by atoms with Crippen molar-refractivity contribution >= 4 is 0 Å². The second-order valence-corrected chi connectivity index (χ2v) is 3.24. The van der Waals surface area contributed by atoms with Crippen LogP contribution in [0.5, 0.6) is 0 Å². The second kappa shape index (κ2) is 10.9. The third kappa shape index (κ3) is 9.92. The Morgan fingerprint density at radius 2 is 1.58 bits per heavy atom. The maximum atomic E-state index is 8.52. The molecule has 2 N–H and O–H groups in total. The number of hydrogen-bond donors (Lipinski definition) is 2. The third-order valence-electron chi connectivity index (χ3n) is 1.97. The van der Waals surface area contributed by atoms with Crippen LogP contribution in [0.25, 0.3) is 0 Å². The summed E-state index contributed by atoms with van der Waals surface area (Å²) in [5.41, 5.74) is 0. The van der Waals surface area contributed by atoms with Crippen molar-refractivity contribution in [2.45, 2.75) is 45.4 Å². The van der Waals surface area contributed by atoms with Crippen LogP contribution in [-0.4, -0.2) is 24.8 Å². The van der Waals surface area contributed by atoms with Crippen LogP contribution in [-0.2, 0) is 0 Å². The summed E-state index contributed by atoms with van der Waals surface area (Å²) in [4.78, 5) is 0. The molecule has 0 amide bonds. The van der Waals surface area contributed by atoms with Crippen molar-refractivity contribution < 1.29 is 5.11 Å². The molecule has 0 aliphatic rings. The zero-order valence-corrected chi connectivity index (χ0v) is 8.31. The molecule has 0 aliphatic carbocycles. The minimum absolute atomic E-state index is 0.350. The van der Waals surface area contributed by atoms with Crippen LogP contribution in [0.3, 0.4) is 0 Å². The summed E-state index contributed by atoms with van der Waals surface area (Å²) >= 11 is 0. The van der Waals surface area contributed by atoms with E-state index in [1.54, 1.807) is 0 Å². The van der Waals surface area contributed by atoms with E-state index in [0.717, 1.165) is 19.5 Å². The molecule has 74 valence electrons. The van der Waals surface area contributed by atoms with Crippen molar-refractivity contribution in [2.24, 2.45) is 0 Å². The van der Waals surface area contributed by atoms with E-state index in [-0.39, 0.29) is 0 Å². The molecule has 0 atom stereocenters. The van der Waals surface area contributed by atoms with Crippen LogP contribution >= 0.6 is 0 Å². The quantitative estimate of drug-likeness (QED) is 0.522. The van der Waals surface area contributed by atoms with Crippen molar-refractivity contribution in [2.75, 3.05) is 19.7 Å². The first-order valence-corrected chi connectivity index (χ1v) is 5.23. The number of unbranched alkanes of at least 4 members (excludes halogenated alkanes) is 4. The van der Waals surface area contributed by atoms with Gasteiger partial charge in [-0.1, -0.05) is 26.2 Å². The SMILES string of the molecule is CCCCNCCCCCCO. The normalized spacial score (nSPS) is 10.5. The largest absolute Gasteiger partial charge is 0.396 e. The van der Waals surface area contributed by atoms with E-state index in [1.165, 1.54) is 32.1 Å². The molecule has 0 rings (SSSR count). The van der Waals surface area contributed by atoms with E-state index in [2.05, 4.69) is 12.2 Å². The van der Waals surface area contributed by atoms with E-state index in [9.17, 15) is 0 Å². The number of aliphatic hydroxyl groups is 1. The lowest BCUT2D eigenvalue weighted by Crippen LogP contribution is -2.16. The number of hydrogen-bond acceptors (Lipinski definition) is 2. The van der Waals surface area contributed by atoms with E-state index >= 15 is 0 Å². The van der Waals surface area contributed by atoms with Crippen molar-refractivity contribution in [3.8, 4) is 0 Å². The highest BCUT2D eigenvalue weighted by atomic mass is 16.2. The fraction of sp³-hybridized carbons (Fsp3) is 1.00. The molecule has 0 saturated heterocycles. The molecule has 0 fully saturated rings. The number of nitrogens with one attached hydrogen (secondary N) is 1. The van der Waals surface area contributed by atoms with Gasteiger partial charge in [-0.3, -0.25) is 0 Å². The van der Waals surface area contributed by atoms with Gasteiger partial charge >= 0.3 is 0 Å². The van der Waals surface area contributed by atoms with Gasteiger partial charge in [0.1, 0.15) is 0 Å². The van der Waals surface area contributed by atoms with Crippen LogP contribution in [0.1, 0.15) is 45.4 Å². The van der Waals surface area contributed by atoms with Crippen LogP contribution in [0.15, 0.2) is 0 Å². The summed E-state index contributed by atoms with van der Waals surface area (Å²) < 4.78 is 0. The number of aliphatic hydroxyl groups excluding tert-OH is 1. The van der Waals surface area contributed by atoms with Gasteiger partial charge in [0, 0.05) is 6.61 Å². The Kier molecular flexibility index (Phi) is 10.8. The van der Waals surface area contributed by atoms with E-state index in [1.807, 2.05) is 0 Å². The Balaban J connectivity index is 2.73. The fourth-order valence-electron chi connectivity index (χ4n) is 1.14. The summed E-state index contributed by atoms with van der Waals surface area (Å²) in [5.74, 6) is 0. The molecular weight excluding hydrogens is 150 g/mol. The number of rotatable bonds is 9. The van der Waals surface area contributed by atoms with Crippen molar-refractivity contribution in [3.63, 3.8) is 0 Å². The van der Waals surface area contributed by atoms with Gasteiger partial charge in [0.05, 0.1) is 0 Å². The highest BCUT2D eigenvalue weighted by Gasteiger charge is 1.88. The Hall–Kier alpha value is -0.0800. The van der Waals surface area contributed by atoms with E-state index in [4.69, 9.17) is 5.11 Å². The van der Waals surface area contributed by atoms with Crippen LogP contribution < -0.4 is 5.32 Å². The van der Waals surface area contributed by atoms with Gasteiger partial charge in [0.25, 0.3) is 0 Å². The molecule has 0 aliphatic heterocycles. The first-order valence-electron chi connectivity index (χ1n) is 5.23. The molecule has 0 spiro atoms. The molecule has 0 bridgehead atoms. The summed E-state index contributed by atoms with van der Waals surface area (Å²) in [5, 5.41) is 11.9. The lowest BCUT2D eigenvalue weighted by molar-refractivity contribution is 0.282. The molecule has 0 heterocycles. The van der Waals surface area contributed by atoms with Crippen molar-refractivity contribution in [3.05, 3.63) is 0 Å². The van der Waals surface area contributed by atoms with Gasteiger partial charge < -0.3 is 10.4 Å². The summed E-state index contributed by atoms with van der Waals surface area (Å²) in [7, 11) is 0. The predicted octanol–water partition coefficient (Wildman–Crippen LogP) is 1.93. The Labute approximate surface area is 76.4 Å². The van der Waals surface area contributed by atoms with Crippen molar-refractivity contribution in [1.29, 1.82) is 0 Å². The maximum Gasteiger partial charge on any atom is 0.0431 e. The van der Waals surface area contributed by atoms with Gasteiger partial charge in [0.15, 0.2) is 0 Å². The maximum absolute atomic E-state index is 8.52. The predicted molar refractivity (Wildman–Crippen MR) is 53.3 cm³/mol. The molecule has 0 saturated carbocycles. The van der Waals surface area contributed by atoms with Gasteiger partial charge in [-0.25, -0.2) is 0 Å².